The van der Waals surface area contributed by atoms with Crippen molar-refractivity contribution in [2.75, 3.05) is 11.9 Å². The Morgan fingerprint density at radius 2 is 2.09 bits per heavy atom. The Hall–Kier alpha value is -2.24. The summed E-state index contributed by atoms with van der Waals surface area (Å²) < 4.78 is 0. The van der Waals surface area contributed by atoms with Crippen molar-refractivity contribution >= 4 is 28.1 Å². The van der Waals surface area contributed by atoms with Crippen LogP contribution in [0.1, 0.15) is 6.42 Å². The van der Waals surface area contributed by atoms with E-state index in [1.165, 1.54) is 0 Å². The minimum atomic E-state index is 0.194. The van der Waals surface area contributed by atoms with Crippen LogP contribution in [0, 0.1) is 5.92 Å². The van der Waals surface area contributed by atoms with Gasteiger partial charge in [0.05, 0.1) is 5.52 Å². The lowest BCUT2D eigenvalue weighted by molar-refractivity contribution is 0.250. The predicted molar refractivity (Wildman–Crippen MR) is 94.6 cm³/mol. The summed E-state index contributed by atoms with van der Waals surface area (Å²) in [6, 6.07) is 10.3. The van der Waals surface area contributed by atoms with Crippen molar-refractivity contribution in [3.05, 3.63) is 53.2 Å². The first-order valence-corrected chi connectivity index (χ1v) is 8.63. The number of thiophene rings is 1. The third-order valence-corrected chi connectivity index (χ3v) is 4.79. The molecular formula is C18H17N3OS. The van der Waals surface area contributed by atoms with Crippen molar-refractivity contribution in [2.24, 2.45) is 5.92 Å². The van der Waals surface area contributed by atoms with Crippen LogP contribution >= 0.6 is 11.3 Å². The van der Waals surface area contributed by atoms with Gasteiger partial charge in [0.25, 0.3) is 0 Å². The normalized spacial score (nSPS) is 20.2. The van der Waals surface area contributed by atoms with Crippen LogP contribution in [0.3, 0.4) is 0 Å². The van der Waals surface area contributed by atoms with Crippen LogP contribution in [0.4, 0.5) is 5.82 Å². The second kappa shape index (κ2) is 6.10. The van der Waals surface area contributed by atoms with E-state index in [2.05, 4.69) is 27.8 Å². The van der Waals surface area contributed by atoms with Crippen LogP contribution in [0.15, 0.2) is 53.2 Å². The molecule has 0 unspecified atom stereocenters. The van der Waals surface area contributed by atoms with Gasteiger partial charge in [0, 0.05) is 34.9 Å². The highest BCUT2D eigenvalue weighted by atomic mass is 32.1. The van der Waals surface area contributed by atoms with E-state index in [4.69, 9.17) is 4.98 Å². The molecule has 0 aliphatic heterocycles. The van der Waals surface area contributed by atoms with E-state index in [0.717, 1.165) is 34.5 Å². The second-order valence-electron chi connectivity index (χ2n) is 5.74. The molecule has 0 fully saturated rings. The first-order chi connectivity index (χ1) is 11.3. The van der Waals surface area contributed by atoms with E-state index in [-0.39, 0.29) is 18.6 Å². The molecule has 1 aromatic carbocycles. The maximum Gasteiger partial charge on any atom is 0.162 e. The number of aliphatic hydroxyl groups is 1. The van der Waals surface area contributed by atoms with Crippen LogP contribution in [-0.2, 0) is 0 Å². The number of aliphatic hydroxyl groups excluding tert-OH is 1. The minimum absolute atomic E-state index is 0.194. The lowest BCUT2D eigenvalue weighted by Gasteiger charge is -2.15. The lowest BCUT2D eigenvalue weighted by atomic mass is 10.1. The number of nitrogens with zero attached hydrogens (tertiary/aromatic N) is 2. The van der Waals surface area contributed by atoms with Crippen LogP contribution in [0.25, 0.3) is 22.3 Å². The number of para-hydroxylation sites is 1. The summed E-state index contributed by atoms with van der Waals surface area (Å²) >= 11 is 1.64. The number of aromatic nitrogens is 2. The van der Waals surface area contributed by atoms with E-state index >= 15 is 0 Å². The fraction of sp³-hybridized carbons (Fsp3) is 0.222. The predicted octanol–water partition coefficient (Wildman–Crippen LogP) is 3.71. The molecule has 0 amide bonds. The lowest BCUT2D eigenvalue weighted by Crippen LogP contribution is -2.18. The van der Waals surface area contributed by atoms with Crippen molar-refractivity contribution in [3.63, 3.8) is 0 Å². The molecule has 1 aliphatic rings. The molecule has 1 aliphatic carbocycles. The van der Waals surface area contributed by atoms with Crippen LogP contribution in [-0.4, -0.2) is 27.7 Å². The van der Waals surface area contributed by atoms with Gasteiger partial charge in [-0.15, -0.1) is 0 Å². The molecule has 2 aromatic heterocycles. The Morgan fingerprint density at radius 1 is 1.17 bits per heavy atom. The number of hydrogen-bond donors (Lipinski definition) is 2. The van der Waals surface area contributed by atoms with Gasteiger partial charge in [0.15, 0.2) is 5.82 Å². The third-order valence-electron chi connectivity index (χ3n) is 4.11. The number of nitrogens with one attached hydrogen (secondary N) is 1. The van der Waals surface area contributed by atoms with Gasteiger partial charge in [-0.1, -0.05) is 24.3 Å². The summed E-state index contributed by atoms with van der Waals surface area (Å²) in [5.74, 6) is 1.83. The SMILES string of the molecule is OC[C@H]1C=C[C@@H](Nc2nc(-c3ccsc3)nc3ccccc23)C1. The van der Waals surface area contributed by atoms with E-state index in [1.54, 1.807) is 11.3 Å². The van der Waals surface area contributed by atoms with Gasteiger partial charge >= 0.3 is 0 Å². The van der Waals surface area contributed by atoms with Crippen LogP contribution in [0.2, 0.25) is 0 Å². The van der Waals surface area contributed by atoms with E-state index in [9.17, 15) is 5.11 Å². The number of fused-ring (bicyclic) bond motifs is 1. The molecule has 5 heteroatoms. The van der Waals surface area contributed by atoms with E-state index in [0.29, 0.717) is 0 Å². The van der Waals surface area contributed by atoms with Gasteiger partial charge in [-0.3, -0.25) is 0 Å². The van der Waals surface area contributed by atoms with Gasteiger partial charge in [-0.05, 0) is 30.0 Å². The molecule has 0 saturated heterocycles. The Labute approximate surface area is 138 Å². The van der Waals surface area contributed by atoms with Crippen LogP contribution < -0.4 is 5.32 Å². The van der Waals surface area contributed by atoms with Gasteiger partial charge in [-0.2, -0.15) is 11.3 Å². The monoisotopic (exact) mass is 323 g/mol. The molecule has 23 heavy (non-hydrogen) atoms. The number of anilines is 1. The summed E-state index contributed by atoms with van der Waals surface area (Å²) in [6.07, 6.45) is 5.07. The summed E-state index contributed by atoms with van der Waals surface area (Å²) in [5, 5.41) is 17.9. The molecule has 2 heterocycles. The summed E-state index contributed by atoms with van der Waals surface area (Å²) in [5.41, 5.74) is 1.98. The zero-order valence-corrected chi connectivity index (χ0v) is 13.3. The molecule has 0 bridgehead atoms. The average molecular weight is 323 g/mol. The molecule has 3 aromatic rings. The zero-order valence-electron chi connectivity index (χ0n) is 12.5. The fourth-order valence-electron chi connectivity index (χ4n) is 2.90. The standard InChI is InChI=1S/C18H17N3OS/c22-10-12-5-6-14(9-12)19-18-15-3-1-2-4-16(15)20-17(21-18)13-7-8-23-11-13/h1-8,11-12,14,22H,9-10H2,(H,19,20,21)/t12-,14+/m0/s1. The molecule has 0 saturated carbocycles. The molecule has 4 rings (SSSR count). The first kappa shape index (κ1) is 14.4. The summed E-state index contributed by atoms with van der Waals surface area (Å²) in [4.78, 5) is 9.43. The first-order valence-electron chi connectivity index (χ1n) is 7.68. The minimum Gasteiger partial charge on any atom is -0.396 e. The maximum atomic E-state index is 9.29. The quantitative estimate of drug-likeness (QED) is 0.719. The van der Waals surface area contributed by atoms with Gasteiger partial charge in [-0.25, -0.2) is 9.97 Å². The topological polar surface area (TPSA) is 58.0 Å². The molecule has 2 N–H and O–H groups in total. The molecule has 2 atom stereocenters. The molecular weight excluding hydrogens is 306 g/mol. The third kappa shape index (κ3) is 2.85. The number of benzene rings is 1. The van der Waals surface area contributed by atoms with Crippen molar-refractivity contribution in [2.45, 2.75) is 12.5 Å². The summed E-state index contributed by atoms with van der Waals surface area (Å²) in [6.45, 7) is 0.194. The van der Waals surface area contributed by atoms with Gasteiger partial charge < -0.3 is 10.4 Å². The highest BCUT2D eigenvalue weighted by Crippen LogP contribution is 2.28. The van der Waals surface area contributed by atoms with Crippen LogP contribution in [0.5, 0.6) is 0 Å². The van der Waals surface area contributed by atoms with Crippen molar-refractivity contribution in [1.82, 2.24) is 9.97 Å². The maximum absolute atomic E-state index is 9.29. The number of rotatable bonds is 4. The Balaban J connectivity index is 1.74. The highest BCUT2D eigenvalue weighted by Gasteiger charge is 2.19. The molecule has 116 valence electrons. The Morgan fingerprint density at radius 3 is 2.87 bits per heavy atom. The van der Waals surface area contributed by atoms with Crippen molar-refractivity contribution in [1.29, 1.82) is 0 Å². The smallest absolute Gasteiger partial charge is 0.162 e. The second-order valence-corrected chi connectivity index (χ2v) is 6.52. The molecule has 0 radical (unpaired) electrons. The number of hydrogen-bond acceptors (Lipinski definition) is 5. The van der Waals surface area contributed by atoms with E-state index in [1.807, 2.05) is 35.7 Å². The highest BCUT2D eigenvalue weighted by molar-refractivity contribution is 7.08. The average Bonchev–Trinajstić information content (AvgIpc) is 3.26. The Bertz CT molecular complexity index is 845. The molecule has 4 nitrogen and oxygen atoms in total. The van der Waals surface area contributed by atoms with Gasteiger partial charge in [0.1, 0.15) is 5.82 Å². The van der Waals surface area contributed by atoms with Crippen molar-refractivity contribution in [3.8, 4) is 11.4 Å². The largest absolute Gasteiger partial charge is 0.396 e. The summed E-state index contributed by atoms with van der Waals surface area (Å²) in [7, 11) is 0. The van der Waals surface area contributed by atoms with Gasteiger partial charge in [0.2, 0.25) is 0 Å². The van der Waals surface area contributed by atoms with Crippen molar-refractivity contribution < 1.29 is 5.11 Å². The molecule has 0 spiro atoms. The fourth-order valence-corrected chi connectivity index (χ4v) is 3.53. The Kier molecular flexibility index (Phi) is 3.81. The van der Waals surface area contributed by atoms with E-state index < -0.39 is 0 Å². The zero-order chi connectivity index (χ0) is 15.6.